The fraction of sp³-hybridized carbons (Fsp3) is 0.778. The molecule has 6 heteroatoms. The van der Waals surface area contributed by atoms with Gasteiger partial charge in [-0.05, 0) is 12.8 Å². The van der Waals surface area contributed by atoms with Gasteiger partial charge in [-0.3, -0.25) is 9.69 Å². The molecule has 1 aromatic rings. The molecule has 1 amide bonds. The summed E-state index contributed by atoms with van der Waals surface area (Å²) in [6.45, 7) is 3.13. The minimum Gasteiger partial charge on any atom is -0.352 e. The largest absolute Gasteiger partial charge is 0.352 e. The molecule has 0 aromatic carbocycles. The Morgan fingerprint density at radius 3 is 2.75 bits per heavy atom. The second-order valence-electron chi connectivity index (χ2n) is 7.20. The first-order chi connectivity index (χ1) is 11.7. The van der Waals surface area contributed by atoms with E-state index < -0.39 is 0 Å². The number of hydrogen-bond donors (Lipinski definition) is 2. The Bertz CT molecular complexity index is 521. The van der Waals surface area contributed by atoms with E-state index in [0.29, 0.717) is 12.6 Å². The third-order valence-corrected chi connectivity index (χ3v) is 5.33. The standard InChI is InChI=1S/C18H31N5O/c1-22-11-10-20-18(22)16-13-19-9-12-23(16)14-17(24)21-15-7-5-3-2-4-6-8-15/h10-11,15-16,19H,2-9,12-14H2,1H3,(H,21,24). The molecule has 24 heavy (non-hydrogen) atoms. The molecule has 2 aliphatic rings. The summed E-state index contributed by atoms with van der Waals surface area (Å²) in [6, 6.07) is 0.536. The van der Waals surface area contributed by atoms with Gasteiger partial charge in [0.2, 0.25) is 5.91 Å². The Labute approximate surface area is 145 Å². The maximum absolute atomic E-state index is 12.6. The number of nitrogens with zero attached hydrogens (tertiary/aromatic N) is 3. The van der Waals surface area contributed by atoms with E-state index in [1.54, 1.807) is 0 Å². The Hall–Kier alpha value is -1.40. The van der Waals surface area contributed by atoms with Gasteiger partial charge in [0, 0.05) is 45.1 Å². The maximum Gasteiger partial charge on any atom is 0.234 e. The molecule has 0 bridgehead atoms. The van der Waals surface area contributed by atoms with Crippen molar-refractivity contribution in [1.82, 2.24) is 25.1 Å². The molecule has 1 saturated heterocycles. The molecule has 1 aliphatic carbocycles. The fourth-order valence-electron chi connectivity index (χ4n) is 3.95. The molecule has 3 rings (SSSR count). The van der Waals surface area contributed by atoms with Crippen molar-refractivity contribution in [2.75, 3.05) is 26.2 Å². The second-order valence-corrected chi connectivity index (χ2v) is 7.20. The number of aromatic nitrogens is 2. The van der Waals surface area contributed by atoms with E-state index in [2.05, 4.69) is 25.1 Å². The number of aryl methyl sites for hydroxylation is 1. The summed E-state index contributed by atoms with van der Waals surface area (Å²) in [6.07, 6.45) is 12.5. The van der Waals surface area contributed by atoms with Gasteiger partial charge in [-0.15, -0.1) is 0 Å². The van der Waals surface area contributed by atoms with E-state index in [0.717, 1.165) is 38.3 Å². The Kier molecular flexibility index (Phi) is 6.26. The van der Waals surface area contributed by atoms with Gasteiger partial charge in [0.15, 0.2) is 0 Å². The number of carbonyl (C=O) groups is 1. The zero-order chi connectivity index (χ0) is 16.8. The molecular weight excluding hydrogens is 302 g/mol. The van der Waals surface area contributed by atoms with Crippen LogP contribution >= 0.6 is 0 Å². The number of rotatable bonds is 4. The van der Waals surface area contributed by atoms with Crippen LogP contribution in [-0.2, 0) is 11.8 Å². The van der Waals surface area contributed by atoms with Crippen molar-refractivity contribution < 1.29 is 4.79 Å². The van der Waals surface area contributed by atoms with Gasteiger partial charge >= 0.3 is 0 Å². The molecule has 1 unspecified atom stereocenters. The highest BCUT2D eigenvalue weighted by atomic mass is 16.2. The first-order valence-corrected chi connectivity index (χ1v) is 9.45. The normalized spacial score (nSPS) is 24.3. The molecule has 6 nitrogen and oxygen atoms in total. The highest BCUT2D eigenvalue weighted by Crippen LogP contribution is 2.20. The minimum atomic E-state index is 0.168. The van der Waals surface area contributed by atoms with E-state index in [1.807, 2.05) is 19.4 Å². The van der Waals surface area contributed by atoms with Crippen LogP contribution in [-0.4, -0.2) is 52.6 Å². The molecule has 1 atom stereocenters. The second kappa shape index (κ2) is 8.62. The van der Waals surface area contributed by atoms with Gasteiger partial charge < -0.3 is 15.2 Å². The molecule has 1 saturated carbocycles. The molecule has 1 aromatic heterocycles. The molecule has 1 aliphatic heterocycles. The van der Waals surface area contributed by atoms with Crippen LogP contribution < -0.4 is 10.6 Å². The average molecular weight is 333 g/mol. The van der Waals surface area contributed by atoms with Crippen molar-refractivity contribution in [2.45, 2.75) is 57.0 Å². The lowest BCUT2D eigenvalue weighted by atomic mass is 9.97. The third kappa shape index (κ3) is 4.57. The quantitative estimate of drug-likeness (QED) is 0.878. The predicted molar refractivity (Wildman–Crippen MR) is 94.6 cm³/mol. The van der Waals surface area contributed by atoms with E-state index in [4.69, 9.17) is 0 Å². The topological polar surface area (TPSA) is 62.2 Å². The Morgan fingerprint density at radius 2 is 2.04 bits per heavy atom. The summed E-state index contributed by atoms with van der Waals surface area (Å²) in [7, 11) is 2.02. The van der Waals surface area contributed by atoms with Gasteiger partial charge in [-0.1, -0.05) is 32.1 Å². The highest BCUT2D eigenvalue weighted by Gasteiger charge is 2.28. The summed E-state index contributed by atoms with van der Waals surface area (Å²) in [4.78, 5) is 19.3. The zero-order valence-corrected chi connectivity index (χ0v) is 14.8. The van der Waals surface area contributed by atoms with E-state index in [9.17, 15) is 4.79 Å². The number of piperazine rings is 1. The van der Waals surface area contributed by atoms with Crippen LogP contribution in [0.4, 0.5) is 0 Å². The van der Waals surface area contributed by atoms with Crippen molar-refractivity contribution in [2.24, 2.45) is 7.05 Å². The molecule has 2 heterocycles. The first kappa shape index (κ1) is 17.4. The third-order valence-electron chi connectivity index (χ3n) is 5.33. The van der Waals surface area contributed by atoms with Crippen LogP contribution in [0.25, 0.3) is 0 Å². The van der Waals surface area contributed by atoms with Gasteiger partial charge in [0.1, 0.15) is 5.82 Å². The predicted octanol–water partition coefficient (Wildman–Crippen LogP) is 1.60. The van der Waals surface area contributed by atoms with Crippen LogP contribution in [0.2, 0.25) is 0 Å². The lowest BCUT2D eigenvalue weighted by Gasteiger charge is -2.35. The first-order valence-electron chi connectivity index (χ1n) is 9.45. The molecule has 0 spiro atoms. The minimum absolute atomic E-state index is 0.168. The highest BCUT2D eigenvalue weighted by molar-refractivity contribution is 5.78. The lowest BCUT2D eigenvalue weighted by Crippen LogP contribution is -2.51. The van der Waals surface area contributed by atoms with Gasteiger partial charge in [-0.2, -0.15) is 0 Å². The average Bonchev–Trinajstić information content (AvgIpc) is 2.96. The van der Waals surface area contributed by atoms with Crippen LogP contribution in [0.15, 0.2) is 12.4 Å². The molecule has 134 valence electrons. The molecule has 2 fully saturated rings. The van der Waals surface area contributed by atoms with Crippen LogP contribution in [0, 0.1) is 0 Å². The van der Waals surface area contributed by atoms with Crippen molar-refractivity contribution in [3.63, 3.8) is 0 Å². The van der Waals surface area contributed by atoms with Crippen LogP contribution in [0.3, 0.4) is 0 Å². The molecule has 0 radical (unpaired) electrons. The van der Waals surface area contributed by atoms with Crippen molar-refractivity contribution in [3.05, 3.63) is 18.2 Å². The SMILES string of the molecule is Cn1ccnc1C1CNCCN1CC(=O)NC1CCCCCCC1. The molecule has 2 N–H and O–H groups in total. The summed E-state index contributed by atoms with van der Waals surface area (Å²) in [5, 5.41) is 6.71. The zero-order valence-electron chi connectivity index (χ0n) is 14.8. The van der Waals surface area contributed by atoms with Crippen molar-refractivity contribution in [3.8, 4) is 0 Å². The number of nitrogens with one attached hydrogen (secondary N) is 2. The molecular formula is C18H31N5O. The van der Waals surface area contributed by atoms with E-state index >= 15 is 0 Å². The van der Waals surface area contributed by atoms with Crippen LogP contribution in [0.1, 0.15) is 56.8 Å². The Balaban J connectivity index is 1.56. The van der Waals surface area contributed by atoms with Crippen molar-refractivity contribution in [1.29, 1.82) is 0 Å². The maximum atomic E-state index is 12.6. The Morgan fingerprint density at radius 1 is 1.29 bits per heavy atom. The number of carbonyl (C=O) groups excluding carboxylic acids is 1. The smallest absolute Gasteiger partial charge is 0.234 e. The lowest BCUT2D eigenvalue weighted by molar-refractivity contribution is -0.124. The van der Waals surface area contributed by atoms with E-state index in [1.165, 1.54) is 32.1 Å². The fourth-order valence-corrected chi connectivity index (χ4v) is 3.95. The summed E-state index contributed by atoms with van der Waals surface area (Å²) >= 11 is 0. The van der Waals surface area contributed by atoms with Gasteiger partial charge in [-0.25, -0.2) is 4.98 Å². The number of hydrogen-bond acceptors (Lipinski definition) is 4. The van der Waals surface area contributed by atoms with Gasteiger partial charge in [0.25, 0.3) is 0 Å². The number of amides is 1. The van der Waals surface area contributed by atoms with Crippen molar-refractivity contribution >= 4 is 5.91 Å². The summed E-state index contributed by atoms with van der Waals surface area (Å²) < 4.78 is 2.05. The van der Waals surface area contributed by atoms with Gasteiger partial charge in [0.05, 0.1) is 12.6 Å². The monoisotopic (exact) mass is 333 g/mol. The van der Waals surface area contributed by atoms with Crippen LogP contribution in [0.5, 0.6) is 0 Å². The summed E-state index contributed by atoms with van der Waals surface area (Å²) in [5.41, 5.74) is 0. The number of imidazole rings is 1. The summed E-state index contributed by atoms with van der Waals surface area (Å²) in [5.74, 6) is 1.20. The van der Waals surface area contributed by atoms with E-state index in [-0.39, 0.29) is 11.9 Å².